The number of rotatable bonds is 4. The molecule has 0 spiro atoms. The molecule has 2 heterocycles. The van der Waals surface area contributed by atoms with Gasteiger partial charge in [0.1, 0.15) is 5.82 Å². The standard InChI is InChI=1S/C12H17N3O3/c1-8-9(3-4-18-8)5-14-11-7-13-10(6-15-11)12(16)17-2/h6-9H,3-5H2,1-2H3,(H,14,15). The van der Waals surface area contributed by atoms with Crippen LogP contribution in [-0.4, -0.2) is 42.3 Å². The Balaban J connectivity index is 1.88. The third kappa shape index (κ3) is 2.95. The third-order valence-corrected chi connectivity index (χ3v) is 3.12. The topological polar surface area (TPSA) is 73.3 Å². The molecule has 2 rings (SSSR count). The SMILES string of the molecule is COC(=O)c1cnc(NCC2CCOC2C)cn1. The van der Waals surface area contributed by atoms with Crippen molar-refractivity contribution >= 4 is 11.8 Å². The number of methoxy groups -OCH3 is 1. The average Bonchev–Trinajstić information content (AvgIpc) is 2.81. The van der Waals surface area contributed by atoms with Gasteiger partial charge in [0.2, 0.25) is 0 Å². The van der Waals surface area contributed by atoms with Crippen molar-refractivity contribution in [1.82, 2.24) is 9.97 Å². The predicted molar refractivity (Wildman–Crippen MR) is 65.4 cm³/mol. The highest BCUT2D eigenvalue weighted by Crippen LogP contribution is 2.20. The summed E-state index contributed by atoms with van der Waals surface area (Å²) in [7, 11) is 1.32. The smallest absolute Gasteiger partial charge is 0.358 e. The van der Waals surface area contributed by atoms with Gasteiger partial charge in [0.25, 0.3) is 0 Å². The molecular weight excluding hydrogens is 234 g/mol. The molecule has 1 aromatic heterocycles. The van der Waals surface area contributed by atoms with Crippen LogP contribution in [0.25, 0.3) is 0 Å². The molecule has 1 N–H and O–H groups in total. The summed E-state index contributed by atoms with van der Waals surface area (Å²) in [4.78, 5) is 19.3. The number of esters is 1. The Kier molecular flexibility index (Phi) is 4.09. The summed E-state index contributed by atoms with van der Waals surface area (Å²) in [5.74, 6) is 0.667. The van der Waals surface area contributed by atoms with Crippen molar-refractivity contribution in [3.63, 3.8) is 0 Å². The molecule has 6 nitrogen and oxygen atoms in total. The molecule has 2 atom stereocenters. The van der Waals surface area contributed by atoms with Crippen LogP contribution in [0.4, 0.5) is 5.82 Å². The molecule has 0 radical (unpaired) electrons. The summed E-state index contributed by atoms with van der Waals surface area (Å²) in [5, 5.41) is 3.20. The van der Waals surface area contributed by atoms with Gasteiger partial charge in [-0.15, -0.1) is 0 Å². The Morgan fingerprint density at radius 1 is 1.56 bits per heavy atom. The normalized spacial score (nSPS) is 22.8. The zero-order valence-corrected chi connectivity index (χ0v) is 10.5. The molecular formula is C12H17N3O3. The summed E-state index contributed by atoms with van der Waals surface area (Å²) in [6.07, 6.45) is 4.27. The lowest BCUT2D eigenvalue weighted by molar-refractivity contribution is 0.0593. The van der Waals surface area contributed by atoms with Crippen molar-refractivity contribution in [2.24, 2.45) is 5.92 Å². The highest BCUT2D eigenvalue weighted by Gasteiger charge is 2.23. The Hall–Kier alpha value is -1.69. The molecule has 1 aliphatic heterocycles. The maximum Gasteiger partial charge on any atom is 0.358 e. The van der Waals surface area contributed by atoms with E-state index in [2.05, 4.69) is 26.9 Å². The molecule has 6 heteroatoms. The first kappa shape index (κ1) is 12.8. The highest BCUT2D eigenvalue weighted by atomic mass is 16.5. The number of hydrogen-bond donors (Lipinski definition) is 1. The molecule has 98 valence electrons. The van der Waals surface area contributed by atoms with Crippen LogP contribution in [0.2, 0.25) is 0 Å². The Labute approximate surface area is 106 Å². The van der Waals surface area contributed by atoms with E-state index in [0.717, 1.165) is 19.6 Å². The van der Waals surface area contributed by atoms with Gasteiger partial charge in [0.15, 0.2) is 5.69 Å². The summed E-state index contributed by atoms with van der Waals surface area (Å²) in [6.45, 7) is 3.69. The molecule has 0 aromatic carbocycles. The van der Waals surface area contributed by atoms with Crippen LogP contribution in [0.1, 0.15) is 23.8 Å². The monoisotopic (exact) mass is 251 g/mol. The zero-order valence-electron chi connectivity index (χ0n) is 10.5. The number of anilines is 1. The quantitative estimate of drug-likeness (QED) is 0.808. The van der Waals surface area contributed by atoms with Crippen molar-refractivity contribution in [1.29, 1.82) is 0 Å². The van der Waals surface area contributed by atoms with Crippen LogP contribution < -0.4 is 5.32 Å². The lowest BCUT2D eigenvalue weighted by Gasteiger charge is -2.14. The number of nitrogens with one attached hydrogen (secondary N) is 1. The molecule has 0 aliphatic carbocycles. The second kappa shape index (κ2) is 5.77. The average molecular weight is 251 g/mol. The molecule has 18 heavy (non-hydrogen) atoms. The van der Waals surface area contributed by atoms with Crippen molar-refractivity contribution in [3.8, 4) is 0 Å². The predicted octanol–water partition coefficient (Wildman–Crippen LogP) is 1.10. The van der Waals surface area contributed by atoms with E-state index in [9.17, 15) is 4.79 Å². The molecule has 1 fully saturated rings. The summed E-state index contributed by atoms with van der Waals surface area (Å²) in [5.41, 5.74) is 0.209. The number of aromatic nitrogens is 2. The molecule has 1 saturated heterocycles. The Morgan fingerprint density at radius 3 is 2.94 bits per heavy atom. The number of hydrogen-bond acceptors (Lipinski definition) is 6. The summed E-state index contributed by atoms with van der Waals surface area (Å²) in [6, 6.07) is 0. The fourth-order valence-corrected chi connectivity index (χ4v) is 1.91. The van der Waals surface area contributed by atoms with Gasteiger partial charge in [-0.25, -0.2) is 14.8 Å². The van der Waals surface area contributed by atoms with Crippen molar-refractivity contribution in [2.45, 2.75) is 19.4 Å². The molecule has 0 amide bonds. The van der Waals surface area contributed by atoms with Crippen molar-refractivity contribution in [3.05, 3.63) is 18.1 Å². The second-order valence-electron chi connectivity index (χ2n) is 4.28. The van der Waals surface area contributed by atoms with E-state index in [1.165, 1.54) is 19.5 Å². The van der Waals surface area contributed by atoms with E-state index >= 15 is 0 Å². The van der Waals surface area contributed by atoms with Crippen molar-refractivity contribution < 1.29 is 14.3 Å². The molecule has 1 aliphatic rings. The molecule has 0 saturated carbocycles. The number of ether oxygens (including phenoxy) is 2. The van der Waals surface area contributed by atoms with Crippen LogP contribution in [0.5, 0.6) is 0 Å². The van der Waals surface area contributed by atoms with Gasteiger partial charge in [-0.3, -0.25) is 0 Å². The second-order valence-corrected chi connectivity index (χ2v) is 4.28. The summed E-state index contributed by atoms with van der Waals surface area (Å²) >= 11 is 0. The first-order chi connectivity index (χ1) is 8.70. The maximum absolute atomic E-state index is 11.2. The van der Waals surface area contributed by atoms with E-state index in [0.29, 0.717) is 11.7 Å². The lowest BCUT2D eigenvalue weighted by Crippen LogP contribution is -2.21. The first-order valence-corrected chi connectivity index (χ1v) is 5.96. The van der Waals surface area contributed by atoms with Crippen LogP contribution >= 0.6 is 0 Å². The third-order valence-electron chi connectivity index (χ3n) is 3.12. The van der Waals surface area contributed by atoms with Gasteiger partial charge in [0, 0.05) is 19.1 Å². The van der Waals surface area contributed by atoms with E-state index in [-0.39, 0.29) is 11.8 Å². The fraction of sp³-hybridized carbons (Fsp3) is 0.583. The molecule has 0 bridgehead atoms. The Bertz CT molecular complexity index is 408. The maximum atomic E-state index is 11.2. The number of carbonyl (C=O) groups excluding carboxylic acids is 1. The van der Waals surface area contributed by atoms with Gasteiger partial charge in [-0.05, 0) is 13.3 Å². The van der Waals surface area contributed by atoms with E-state index in [4.69, 9.17) is 4.74 Å². The van der Waals surface area contributed by atoms with Crippen LogP contribution in [-0.2, 0) is 9.47 Å². The fourth-order valence-electron chi connectivity index (χ4n) is 1.91. The lowest BCUT2D eigenvalue weighted by atomic mass is 10.0. The van der Waals surface area contributed by atoms with E-state index in [1.807, 2.05) is 0 Å². The van der Waals surface area contributed by atoms with E-state index < -0.39 is 5.97 Å². The summed E-state index contributed by atoms with van der Waals surface area (Å²) < 4.78 is 10.0. The van der Waals surface area contributed by atoms with Gasteiger partial charge < -0.3 is 14.8 Å². The molecule has 1 aromatic rings. The highest BCUT2D eigenvalue weighted by molar-refractivity contribution is 5.86. The van der Waals surface area contributed by atoms with Gasteiger partial charge in [-0.2, -0.15) is 0 Å². The van der Waals surface area contributed by atoms with Crippen molar-refractivity contribution in [2.75, 3.05) is 25.6 Å². The van der Waals surface area contributed by atoms with Gasteiger partial charge in [-0.1, -0.05) is 0 Å². The van der Waals surface area contributed by atoms with Crippen LogP contribution in [0.15, 0.2) is 12.4 Å². The number of carbonyl (C=O) groups is 1. The minimum Gasteiger partial charge on any atom is -0.464 e. The number of nitrogens with zero attached hydrogens (tertiary/aromatic N) is 2. The zero-order chi connectivity index (χ0) is 13.0. The molecule has 2 unspecified atom stereocenters. The minimum absolute atomic E-state index is 0.209. The van der Waals surface area contributed by atoms with Crippen LogP contribution in [0, 0.1) is 5.92 Å². The van der Waals surface area contributed by atoms with Crippen LogP contribution in [0.3, 0.4) is 0 Å². The minimum atomic E-state index is -0.480. The first-order valence-electron chi connectivity index (χ1n) is 5.96. The van der Waals surface area contributed by atoms with E-state index in [1.54, 1.807) is 0 Å². The van der Waals surface area contributed by atoms with Gasteiger partial charge in [0.05, 0.1) is 25.6 Å². The Morgan fingerprint density at radius 2 is 2.39 bits per heavy atom. The van der Waals surface area contributed by atoms with Gasteiger partial charge >= 0.3 is 5.97 Å². The largest absolute Gasteiger partial charge is 0.464 e.